The normalized spacial score (nSPS) is 10.0. The zero-order valence-corrected chi connectivity index (χ0v) is 9.67. The first-order chi connectivity index (χ1) is 8.29. The zero-order chi connectivity index (χ0) is 12.1. The molecule has 1 aromatic carbocycles. The Morgan fingerprint density at radius 1 is 1.18 bits per heavy atom. The van der Waals surface area contributed by atoms with Gasteiger partial charge in [-0.3, -0.25) is 4.98 Å². The number of anilines is 2. The van der Waals surface area contributed by atoms with Gasteiger partial charge in [-0.05, 0) is 12.1 Å². The summed E-state index contributed by atoms with van der Waals surface area (Å²) >= 11 is 0. The van der Waals surface area contributed by atoms with Gasteiger partial charge in [0.15, 0.2) is 5.82 Å². The van der Waals surface area contributed by atoms with Gasteiger partial charge in [0.05, 0.1) is 24.6 Å². The molecule has 0 spiro atoms. The molecule has 0 aliphatic carbocycles. The van der Waals surface area contributed by atoms with Crippen molar-refractivity contribution in [2.75, 3.05) is 17.4 Å². The van der Waals surface area contributed by atoms with Gasteiger partial charge in [-0.1, -0.05) is 18.2 Å². The van der Waals surface area contributed by atoms with Gasteiger partial charge >= 0.3 is 0 Å². The van der Waals surface area contributed by atoms with Crippen LogP contribution in [0.25, 0.3) is 0 Å². The monoisotopic (exact) mass is 229 g/mol. The molecule has 1 aromatic heterocycles. The first kappa shape index (κ1) is 11.3. The van der Waals surface area contributed by atoms with Crippen LogP contribution < -0.4 is 16.2 Å². The number of hydrogen-bond donors (Lipinski definition) is 2. The van der Waals surface area contributed by atoms with Crippen LogP contribution in [0.15, 0.2) is 42.7 Å². The van der Waals surface area contributed by atoms with Crippen molar-refractivity contribution in [3.05, 3.63) is 48.4 Å². The quantitative estimate of drug-likeness (QED) is 0.612. The topological polar surface area (TPSA) is 67.1 Å². The maximum atomic E-state index is 5.23. The van der Waals surface area contributed by atoms with E-state index >= 15 is 0 Å². The molecule has 0 saturated carbocycles. The van der Waals surface area contributed by atoms with Crippen molar-refractivity contribution in [2.45, 2.75) is 6.54 Å². The van der Waals surface area contributed by atoms with E-state index in [9.17, 15) is 0 Å². The maximum absolute atomic E-state index is 5.23. The molecule has 5 heteroatoms. The molecule has 3 N–H and O–H groups in total. The number of benzene rings is 1. The minimum absolute atomic E-state index is 0.566. The minimum Gasteiger partial charge on any atom is -0.369 e. The molecule has 88 valence electrons. The Hall–Kier alpha value is -2.14. The van der Waals surface area contributed by atoms with Crippen LogP contribution in [0.1, 0.15) is 5.69 Å². The standard InChI is InChI=1S/C12H15N5/c1-17(11-5-3-2-4-6-11)9-10-7-15-12(16-13)8-14-10/h2-8H,9,13H2,1H3,(H,15,16). The van der Waals surface area contributed by atoms with Gasteiger partial charge in [-0.2, -0.15) is 0 Å². The molecule has 0 saturated heterocycles. The van der Waals surface area contributed by atoms with Gasteiger partial charge in [-0.25, -0.2) is 10.8 Å². The molecule has 5 nitrogen and oxygen atoms in total. The van der Waals surface area contributed by atoms with E-state index in [1.165, 1.54) is 0 Å². The lowest BCUT2D eigenvalue weighted by molar-refractivity contribution is 0.873. The Kier molecular flexibility index (Phi) is 3.52. The SMILES string of the molecule is CN(Cc1cnc(NN)cn1)c1ccccc1. The first-order valence-electron chi connectivity index (χ1n) is 5.33. The first-order valence-corrected chi connectivity index (χ1v) is 5.33. The van der Waals surface area contributed by atoms with Gasteiger partial charge in [0.25, 0.3) is 0 Å². The summed E-state index contributed by atoms with van der Waals surface area (Å²) < 4.78 is 0. The Balaban J connectivity index is 2.05. The lowest BCUT2D eigenvalue weighted by Crippen LogP contribution is -2.17. The molecule has 0 aliphatic rings. The average Bonchev–Trinajstić information content (AvgIpc) is 2.40. The van der Waals surface area contributed by atoms with Crippen LogP contribution in [0.2, 0.25) is 0 Å². The highest BCUT2D eigenvalue weighted by Crippen LogP contribution is 2.13. The Morgan fingerprint density at radius 3 is 2.53 bits per heavy atom. The van der Waals surface area contributed by atoms with Gasteiger partial charge in [0.1, 0.15) is 0 Å². The number of nitrogen functional groups attached to an aromatic ring is 1. The zero-order valence-electron chi connectivity index (χ0n) is 9.67. The van der Waals surface area contributed by atoms with Crippen molar-refractivity contribution in [3.63, 3.8) is 0 Å². The lowest BCUT2D eigenvalue weighted by atomic mass is 10.3. The molecular formula is C12H15N5. The Morgan fingerprint density at radius 2 is 1.94 bits per heavy atom. The van der Waals surface area contributed by atoms with E-state index in [0.717, 1.165) is 11.4 Å². The highest BCUT2D eigenvalue weighted by molar-refractivity contribution is 5.45. The van der Waals surface area contributed by atoms with Crippen molar-refractivity contribution in [2.24, 2.45) is 5.84 Å². The molecule has 17 heavy (non-hydrogen) atoms. The van der Waals surface area contributed by atoms with Gasteiger partial charge < -0.3 is 10.3 Å². The van der Waals surface area contributed by atoms with E-state index in [1.54, 1.807) is 12.4 Å². The van der Waals surface area contributed by atoms with Gasteiger partial charge in [-0.15, -0.1) is 0 Å². The highest BCUT2D eigenvalue weighted by Gasteiger charge is 2.02. The summed E-state index contributed by atoms with van der Waals surface area (Å²) in [6.45, 7) is 0.710. The van der Waals surface area contributed by atoms with Crippen molar-refractivity contribution in [1.29, 1.82) is 0 Å². The smallest absolute Gasteiger partial charge is 0.158 e. The Bertz CT molecular complexity index is 454. The van der Waals surface area contributed by atoms with Crippen molar-refractivity contribution >= 4 is 11.5 Å². The molecule has 0 aliphatic heterocycles. The number of nitrogens with one attached hydrogen (secondary N) is 1. The molecule has 0 radical (unpaired) electrons. The molecule has 0 amide bonds. The number of hydrazine groups is 1. The number of nitrogens with zero attached hydrogens (tertiary/aromatic N) is 3. The van der Waals surface area contributed by atoms with E-state index < -0.39 is 0 Å². The minimum atomic E-state index is 0.566. The van der Waals surface area contributed by atoms with Crippen LogP contribution in [0, 0.1) is 0 Å². The number of rotatable bonds is 4. The second-order valence-electron chi connectivity index (χ2n) is 3.73. The number of nitrogens with two attached hydrogens (primary N) is 1. The fraction of sp³-hybridized carbons (Fsp3) is 0.167. The van der Waals surface area contributed by atoms with Crippen LogP contribution in [-0.2, 0) is 6.54 Å². The fourth-order valence-electron chi connectivity index (χ4n) is 1.53. The Labute approximate surface area is 100 Å². The predicted molar refractivity (Wildman–Crippen MR) is 68.4 cm³/mol. The number of para-hydroxylation sites is 1. The summed E-state index contributed by atoms with van der Waals surface area (Å²) in [4.78, 5) is 10.5. The molecular weight excluding hydrogens is 214 g/mol. The third-order valence-corrected chi connectivity index (χ3v) is 2.45. The molecule has 0 fully saturated rings. The van der Waals surface area contributed by atoms with Gasteiger partial charge in [0, 0.05) is 12.7 Å². The van der Waals surface area contributed by atoms with E-state index in [-0.39, 0.29) is 0 Å². The second kappa shape index (κ2) is 5.27. The third kappa shape index (κ3) is 2.92. The molecule has 2 aromatic rings. The molecule has 2 rings (SSSR count). The van der Waals surface area contributed by atoms with Crippen LogP contribution >= 0.6 is 0 Å². The van der Waals surface area contributed by atoms with Crippen LogP contribution in [0.4, 0.5) is 11.5 Å². The summed E-state index contributed by atoms with van der Waals surface area (Å²) in [6, 6.07) is 10.1. The summed E-state index contributed by atoms with van der Waals surface area (Å²) in [5, 5.41) is 0. The summed E-state index contributed by atoms with van der Waals surface area (Å²) in [7, 11) is 2.02. The predicted octanol–water partition coefficient (Wildman–Crippen LogP) is 1.40. The van der Waals surface area contributed by atoms with Crippen molar-refractivity contribution < 1.29 is 0 Å². The molecule has 0 bridgehead atoms. The van der Waals surface area contributed by atoms with E-state index in [0.29, 0.717) is 12.4 Å². The molecule has 0 unspecified atom stereocenters. The van der Waals surface area contributed by atoms with E-state index in [2.05, 4.69) is 32.4 Å². The average molecular weight is 229 g/mol. The van der Waals surface area contributed by atoms with Crippen molar-refractivity contribution in [1.82, 2.24) is 9.97 Å². The van der Waals surface area contributed by atoms with Crippen LogP contribution in [0.3, 0.4) is 0 Å². The van der Waals surface area contributed by atoms with E-state index in [4.69, 9.17) is 5.84 Å². The van der Waals surface area contributed by atoms with Crippen LogP contribution in [0.5, 0.6) is 0 Å². The second-order valence-corrected chi connectivity index (χ2v) is 3.73. The lowest BCUT2D eigenvalue weighted by Gasteiger charge is -2.18. The maximum Gasteiger partial charge on any atom is 0.158 e. The molecule has 1 heterocycles. The highest BCUT2D eigenvalue weighted by atomic mass is 15.3. The molecule has 0 atom stereocenters. The summed E-state index contributed by atoms with van der Waals surface area (Å²) in [5.74, 6) is 5.80. The summed E-state index contributed by atoms with van der Waals surface area (Å²) in [6.07, 6.45) is 3.34. The third-order valence-electron chi connectivity index (χ3n) is 2.45. The fourth-order valence-corrected chi connectivity index (χ4v) is 1.53. The largest absolute Gasteiger partial charge is 0.369 e. The van der Waals surface area contributed by atoms with Crippen LogP contribution in [-0.4, -0.2) is 17.0 Å². The number of hydrogen-bond acceptors (Lipinski definition) is 5. The van der Waals surface area contributed by atoms with Crippen molar-refractivity contribution in [3.8, 4) is 0 Å². The number of aromatic nitrogens is 2. The summed E-state index contributed by atoms with van der Waals surface area (Å²) in [5.41, 5.74) is 4.50. The van der Waals surface area contributed by atoms with E-state index in [1.807, 2.05) is 25.2 Å². The van der Waals surface area contributed by atoms with Gasteiger partial charge in [0.2, 0.25) is 0 Å².